The normalized spacial score (nSPS) is 13.4. The molecule has 0 aromatic carbocycles. The van der Waals surface area contributed by atoms with Gasteiger partial charge in [0.1, 0.15) is 0 Å². The monoisotopic (exact) mass is 229 g/mol. The van der Waals surface area contributed by atoms with Gasteiger partial charge in [-0.2, -0.15) is 33.6 Å². The van der Waals surface area contributed by atoms with Crippen LogP contribution < -0.4 is 0 Å². The van der Waals surface area contributed by atoms with Gasteiger partial charge in [0, 0.05) is 32.7 Å². The third-order valence-corrected chi connectivity index (χ3v) is 1.96. The van der Waals surface area contributed by atoms with Crippen LogP contribution in [0.25, 0.3) is 0 Å². The Balaban J connectivity index is 0. The van der Waals surface area contributed by atoms with Crippen LogP contribution in [0.5, 0.6) is 0 Å². The smallest absolute Gasteiger partial charge is 0 e. The van der Waals surface area contributed by atoms with Gasteiger partial charge >= 0.3 is 0 Å². The molecule has 0 spiro atoms. The van der Waals surface area contributed by atoms with Crippen molar-refractivity contribution in [2.75, 3.05) is 0 Å². The van der Waals surface area contributed by atoms with E-state index >= 15 is 0 Å². The molecule has 1 atom stereocenters. The second-order valence-corrected chi connectivity index (χ2v) is 3.59. The van der Waals surface area contributed by atoms with E-state index in [-0.39, 0.29) is 32.7 Å². The van der Waals surface area contributed by atoms with Crippen molar-refractivity contribution in [2.45, 2.75) is 47.5 Å². The first-order valence-corrected chi connectivity index (χ1v) is 4.17. The molecule has 0 nitrogen and oxygen atoms in total. The van der Waals surface area contributed by atoms with Crippen LogP contribution in [-0.4, -0.2) is 0 Å². The van der Waals surface area contributed by atoms with Gasteiger partial charge in [-0.25, -0.2) is 6.42 Å². The number of hydrogen-bond donors (Lipinski definition) is 0. The van der Waals surface area contributed by atoms with Crippen molar-refractivity contribution in [1.29, 1.82) is 0 Å². The molecule has 0 aliphatic heterocycles. The van der Waals surface area contributed by atoms with Crippen LogP contribution in [0, 0.1) is 17.8 Å². The van der Waals surface area contributed by atoms with Gasteiger partial charge in [0.25, 0.3) is 0 Å². The Morgan fingerprint density at radius 2 is 1.55 bits per heavy atom. The maximum atomic E-state index is 2.26. The molecule has 0 amide bonds. The molecule has 0 aliphatic rings. The average molecular weight is 229 g/mol. The zero-order chi connectivity index (χ0) is 8.15. The summed E-state index contributed by atoms with van der Waals surface area (Å²) in [5.41, 5.74) is 0. The van der Waals surface area contributed by atoms with Gasteiger partial charge in [-0.15, -0.1) is 0 Å². The van der Waals surface area contributed by atoms with Crippen LogP contribution in [0.3, 0.4) is 0 Å². The topological polar surface area (TPSA) is 0 Å². The predicted octanol–water partition coefficient (Wildman–Crippen LogP) is 3.63. The van der Waals surface area contributed by atoms with E-state index in [0.717, 1.165) is 5.92 Å². The molecular weight excluding hydrogens is 209 g/mol. The summed E-state index contributed by atoms with van der Waals surface area (Å²) in [5.74, 6) is 3.95. The first kappa shape index (κ1) is 14.6. The summed E-state index contributed by atoms with van der Waals surface area (Å²) in [4.78, 5) is 0. The van der Waals surface area contributed by atoms with Crippen LogP contribution in [0.1, 0.15) is 47.5 Å². The third kappa shape index (κ3) is 7.46. The van der Waals surface area contributed by atoms with E-state index in [9.17, 15) is 0 Å². The Morgan fingerprint density at radius 1 is 1.09 bits per heavy atom. The van der Waals surface area contributed by atoms with Gasteiger partial charge in [-0.1, -0.05) is 13.3 Å². The summed E-state index contributed by atoms with van der Waals surface area (Å²) in [6.45, 7) is 11.2. The predicted molar refractivity (Wildman–Crippen MR) is 47.6 cm³/mol. The van der Waals surface area contributed by atoms with Gasteiger partial charge in [-0.3, -0.25) is 0 Å². The van der Waals surface area contributed by atoms with E-state index in [4.69, 9.17) is 0 Å². The second-order valence-electron chi connectivity index (χ2n) is 3.59. The Hall–Kier alpha value is 1.10. The Kier molecular flexibility index (Phi) is 10.3. The Labute approximate surface area is 97.4 Å². The number of rotatable bonds is 4. The van der Waals surface area contributed by atoms with Crippen molar-refractivity contribution >= 4 is 0 Å². The van der Waals surface area contributed by atoms with Crippen LogP contribution in [0.2, 0.25) is 0 Å². The Bertz CT molecular complexity index is 76.9. The third-order valence-electron chi connectivity index (χ3n) is 1.96. The zero-order valence-electron chi connectivity index (χ0n) is 8.57. The molecule has 0 saturated carbocycles. The molecule has 0 fully saturated rings. The summed E-state index contributed by atoms with van der Waals surface area (Å²) >= 11 is 0. The first-order valence-electron chi connectivity index (χ1n) is 4.17. The summed E-state index contributed by atoms with van der Waals surface area (Å²) in [6, 6.07) is 0. The first-order chi connectivity index (χ1) is 4.57. The van der Waals surface area contributed by atoms with Gasteiger partial charge in [0.2, 0.25) is 0 Å². The summed E-state index contributed by atoms with van der Waals surface area (Å²) in [6.07, 6.45) is 2.56. The van der Waals surface area contributed by atoms with Crippen LogP contribution in [-0.2, 0) is 32.7 Å². The molecule has 0 bridgehead atoms. The maximum absolute atomic E-state index is 2.26. The molecule has 11 heavy (non-hydrogen) atoms. The summed E-state index contributed by atoms with van der Waals surface area (Å²) in [5, 5.41) is 0. The van der Waals surface area contributed by atoms with E-state index in [2.05, 4.69) is 34.6 Å². The maximum Gasteiger partial charge on any atom is 0 e. The zero-order valence-corrected chi connectivity index (χ0v) is 11.4. The molecule has 0 heterocycles. The molecule has 0 rings (SSSR count). The van der Waals surface area contributed by atoms with Crippen molar-refractivity contribution < 1.29 is 32.7 Å². The molecular formula is C10H20Y-2. The van der Waals surface area contributed by atoms with E-state index in [1.54, 1.807) is 11.8 Å². The van der Waals surface area contributed by atoms with Gasteiger partial charge in [0.05, 0.1) is 0 Å². The average Bonchev–Trinajstić information content (AvgIpc) is 1.81. The Morgan fingerprint density at radius 3 is 1.64 bits per heavy atom. The minimum absolute atomic E-state index is 0. The molecule has 1 radical (unpaired) electrons. The van der Waals surface area contributed by atoms with Crippen molar-refractivity contribution in [3.05, 3.63) is 11.8 Å². The minimum atomic E-state index is 0. The summed E-state index contributed by atoms with van der Waals surface area (Å²) < 4.78 is 0. The molecule has 0 aromatic heterocycles. The van der Waals surface area contributed by atoms with Gasteiger partial charge in [0.15, 0.2) is 0 Å². The minimum Gasteiger partial charge on any atom is -0.322 e. The van der Waals surface area contributed by atoms with Crippen molar-refractivity contribution in [2.24, 2.45) is 5.92 Å². The SMILES string of the molecule is CCC(C[C-](C)C)[C-](C)C.[Y]. The van der Waals surface area contributed by atoms with Crippen LogP contribution >= 0.6 is 0 Å². The molecule has 1 unspecified atom stereocenters. The molecule has 0 aromatic rings. The van der Waals surface area contributed by atoms with E-state index in [1.807, 2.05) is 0 Å². The van der Waals surface area contributed by atoms with Crippen LogP contribution in [0.4, 0.5) is 0 Å². The fourth-order valence-electron chi connectivity index (χ4n) is 1.25. The second kappa shape index (κ2) is 7.74. The van der Waals surface area contributed by atoms with Crippen molar-refractivity contribution in [1.82, 2.24) is 0 Å². The number of hydrogen-bond acceptors (Lipinski definition) is 0. The van der Waals surface area contributed by atoms with E-state index in [1.165, 1.54) is 12.8 Å². The van der Waals surface area contributed by atoms with Gasteiger partial charge < -0.3 is 11.8 Å². The molecule has 0 saturated heterocycles. The summed E-state index contributed by atoms with van der Waals surface area (Å²) in [7, 11) is 0. The quantitative estimate of drug-likeness (QED) is 0.646. The van der Waals surface area contributed by atoms with E-state index in [0.29, 0.717) is 0 Å². The van der Waals surface area contributed by atoms with Crippen molar-refractivity contribution in [3.63, 3.8) is 0 Å². The molecule has 1 heteroatoms. The standard InChI is InChI=1S/C10H20.Y/c1-6-10(9(4)5)7-8(2)3;/h10H,6-7H2,1-5H3;/q-2;. The van der Waals surface area contributed by atoms with Crippen LogP contribution in [0.15, 0.2) is 0 Å². The molecule has 0 N–H and O–H groups in total. The van der Waals surface area contributed by atoms with Gasteiger partial charge in [-0.05, 0) is 0 Å². The fraction of sp³-hybridized carbons (Fsp3) is 0.800. The molecule has 65 valence electrons. The van der Waals surface area contributed by atoms with E-state index < -0.39 is 0 Å². The molecule has 0 aliphatic carbocycles. The van der Waals surface area contributed by atoms with Crippen molar-refractivity contribution in [3.8, 4) is 0 Å². The largest absolute Gasteiger partial charge is 0.322 e. The fourth-order valence-corrected chi connectivity index (χ4v) is 1.25.